The van der Waals surface area contributed by atoms with Crippen molar-refractivity contribution >= 4 is 11.9 Å². The number of aryl methyl sites for hydroxylation is 1. The summed E-state index contributed by atoms with van der Waals surface area (Å²) in [6.07, 6.45) is 7.26. The number of carbonyl (C=O) groups is 2. The van der Waals surface area contributed by atoms with Gasteiger partial charge in [0.1, 0.15) is 18.4 Å². The molecule has 0 bridgehead atoms. The van der Waals surface area contributed by atoms with Crippen LogP contribution < -0.4 is 0 Å². The number of aromatic nitrogens is 1. The molecule has 1 saturated heterocycles. The van der Waals surface area contributed by atoms with Crippen molar-refractivity contribution < 1.29 is 18.8 Å². The summed E-state index contributed by atoms with van der Waals surface area (Å²) in [7, 11) is 0. The first kappa shape index (κ1) is 18.0. The standard InChI is InChI=1S/C18H24N2O4/c1-4-5-7-13(2)12-23-18(22)16-8-6-9-20(16)17(21)11-15-10-14(3)19-24-15/h4-5,7,10,16H,6,8-9,11-12H2,1-3H3/b5-4-,13-7+. The van der Waals surface area contributed by atoms with Gasteiger partial charge in [-0.1, -0.05) is 23.4 Å². The maximum atomic E-state index is 12.4. The number of nitrogens with zero attached hydrogens (tertiary/aromatic N) is 2. The number of likely N-dealkylation sites (tertiary alicyclic amines) is 1. The van der Waals surface area contributed by atoms with E-state index in [1.165, 1.54) is 0 Å². The highest BCUT2D eigenvalue weighted by molar-refractivity contribution is 5.86. The normalized spacial score (nSPS) is 18.4. The second-order valence-corrected chi connectivity index (χ2v) is 6.00. The van der Waals surface area contributed by atoms with Gasteiger partial charge in [0.25, 0.3) is 0 Å². The van der Waals surface area contributed by atoms with E-state index in [1.54, 1.807) is 17.9 Å². The second kappa shape index (κ2) is 8.47. The van der Waals surface area contributed by atoms with Crippen LogP contribution in [0.1, 0.15) is 38.1 Å². The summed E-state index contributed by atoms with van der Waals surface area (Å²) < 4.78 is 10.4. The number of allylic oxidation sites excluding steroid dienone is 3. The third kappa shape index (κ3) is 4.81. The predicted molar refractivity (Wildman–Crippen MR) is 89.2 cm³/mol. The zero-order valence-corrected chi connectivity index (χ0v) is 14.4. The van der Waals surface area contributed by atoms with E-state index in [0.717, 1.165) is 17.7 Å². The van der Waals surface area contributed by atoms with Crippen molar-refractivity contribution in [1.82, 2.24) is 10.1 Å². The predicted octanol–water partition coefficient (Wildman–Crippen LogP) is 2.58. The Hall–Kier alpha value is -2.37. The van der Waals surface area contributed by atoms with Gasteiger partial charge < -0.3 is 14.2 Å². The highest BCUT2D eigenvalue weighted by Crippen LogP contribution is 2.20. The second-order valence-electron chi connectivity index (χ2n) is 6.00. The van der Waals surface area contributed by atoms with E-state index in [9.17, 15) is 9.59 Å². The number of amides is 1. The molecule has 1 fully saturated rings. The quantitative estimate of drug-likeness (QED) is 0.591. The van der Waals surface area contributed by atoms with Crippen molar-refractivity contribution in [1.29, 1.82) is 0 Å². The van der Waals surface area contributed by atoms with E-state index in [-0.39, 0.29) is 24.9 Å². The maximum Gasteiger partial charge on any atom is 0.329 e. The first-order chi connectivity index (χ1) is 11.5. The van der Waals surface area contributed by atoms with Gasteiger partial charge >= 0.3 is 5.97 Å². The average molecular weight is 332 g/mol. The Bertz CT molecular complexity index is 645. The molecule has 0 aromatic carbocycles. The molecule has 0 N–H and O–H groups in total. The molecular weight excluding hydrogens is 308 g/mol. The van der Waals surface area contributed by atoms with Crippen molar-refractivity contribution in [3.63, 3.8) is 0 Å². The highest BCUT2D eigenvalue weighted by atomic mass is 16.5. The van der Waals surface area contributed by atoms with Crippen molar-refractivity contribution in [3.8, 4) is 0 Å². The van der Waals surface area contributed by atoms with Crippen molar-refractivity contribution in [2.45, 2.75) is 46.1 Å². The van der Waals surface area contributed by atoms with E-state index < -0.39 is 6.04 Å². The Morgan fingerprint density at radius 3 is 2.96 bits per heavy atom. The van der Waals surface area contributed by atoms with Crippen molar-refractivity contribution in [3.05, 3.63) is 41.3 Å². The lowest BCUT2D eigenvalue weighted by Crippen LogP contribution is -2.42. The minimum Gasteiger partial charge on any atom is -0.460 e. The van der Waals surface area contributed by atoms with Gasteiger partial charge in [-0.05, 0) is 39.2 Å². The molecule has 1 atom stereocenters. The molecule has 24 heavy (non-hydrogen) atoms. The van der Waals surface area contributed by atoms with E-state index in [4.69, 9.17) is 9.26 Å². The molecule has 1 aliphatic heterocycles. The number of rotatable bonds is 6. The number of ether oxygens (including phenoxy) is 1. The number of esters is 1. The Morgan fingerprint density at radius 2 is 2.29 bits per heavy atom. The van der Waals surface area contributed by atoms with E-state index in [2.05, 4.69) is 5.16 Å². The Kier molecular flexibility index (Phi) is 6.35. The minimum absolute atomic E-state index is 0.116. The third-order valence-electron chi connectivity index (χ3n) is 3.86. The summed E-state index contributed by atoms with van der Waals surface area (Å²) in [5.74, 6) is 0.0382. The molecule has 1 aromatic rings. The fraction of sp³-hybridized carbons (Fsp3) is 0.500. The molecule has 0 radical (unpaired) electrons. The molecule has 0 spiro atoms. The lowest BCUT2D eigenvalue weighted by Gasteiger charge is -2.23. The van der Waals surface area contributed by atoms with Crippen LogP contribution in [0, 0.1) is 6.92 Å². The molecular formula is C18H24N2O4. The fourth-order valence-electron chi connectivity index (χ4n) is 2.65. The van der Waals surface area contributed by atoms with Gasteiger partial charge in [-0.2, -0.15) is 0 Å². The molecule has 130 valence electrons. The Morgan fingerprint density at radius 1 is 1.50 bits per heavy atom. The monoisotopic (exact) mass is 332 g/mol. The molecule has 1 amide bonds. The Balaban J connectivity index is 1.91. The van der Waals surface area contributed by atoms with Gasteiger partial charge in [0, 0.05) is 12.6 Å². The smallest absolute Gasteiger partial charge is 0.329 e. The van der Waals surface area contributed by atoms with Crippen molar-refractivity contribution in [2.24, 2.45) is 0 Å². The molecule has 6 nitrogen and oxygen atoms in total. The largest absolute Gasteiger partial charge is 0.460 e. The lowest BCUT2D eigenvalue weighted by atomic mass is 10.2. The minimum atomic E-state index is -0.504. The zero-order chi connectivity index (χ0) is 17.5. The molecule has 1 aliphatic rings. The van der Waals surface area contributed by atoms with Gasteiger partial charge in [0.2, 0.25) is 5.91 Å². The fourth-order valence-corrected chi connectivity index (χ4v) is 2.65. The topological polar surface area (TPSA) is 72.6 Å². The van der Waals surface area contributed by atoms with E-state index >= 15 is 0 Å². The molecule has 6 heteroatoms. The van der Waals surface area contributed by atoms with Gasteiger partial charge in [-0.15, -0.1) is 0 Å². The van der Waals surface area contributed by atoms with Gasteiger partial charge in [0.05, 0.1) is 12.1 Å². The van der Waals surface area contributed by atoms with Crippen LogP contribution in [-0.4, -0.2) is 41.1 Å². The van der Waals surface area contributed by atoms with Crippen LogP contribution in [0.5, 0.6) is 0 Å². The molecule has 0 saturated carbocycles. The third-order valence-corrected chi connectivity index (χ3v) is 3.86. The first-order valence-electron chi connectivity index (χ1n) is 8.18. The average Bonchev–Trinajstić information content (AvgIpc) is 3.19. The van der Waals surface area contributed by atoms with Crippen LogP contribution in [-0.2, 0) is 20.7 Å². The van der Waals surface area contributed by atoms with Gasteiger partial charge in [-0.3, -0.25) is 4.79 Å². The molecule has 2 rings (SSSR count). The van der Waals surface area contributed by atoms with Crippen LogP contribution in [0.2, 0.25) is 0 Å². The van der Waals surface area contributed by atoms with Crippen molar-refractivity contribution in [2.75, 3.05) is 13.2 Å². The van der Waals surface area contributed by atoms with Crippen LogP contribution >= 0.6 is 0 Å². The summed E-state index contributed by atoms with van der Waals surface area (Å²) in [5, 5.41) is 3.77. The zero-order valence-electron chi connectivity index (χ0n) is 14.4. The molecule has 2 heterocycles. The highest BCUT2D eigenvalue weighted by Gasteiger charge is 2.35. The number of hydrogen-bond acceptors (Lipinski definition) is 5. The van der Waals surface area contributed by atoms with Gasteiger partial charge in [-0.25, -0.2) is 4.79 Å². The molecule has 1 aromatic heterocycles. The summed E-state index contributed by atoms with van der Waals surface area (Å²) in [6.45, 7) is 6.43. The van der Waals surface area contributed by atoms with E-state index in [0.29, 0.717) is 18.7 Å². The van der Waals surface area contributed by atoms with Crippen LogP contribution in [0.3, 0.4) is 0 Å². The number of carbonyl (C=O) groups excluding carboxylic acids is 2. The first-order valence-corrected chi connectivity index (χ1v) is 8.18. The van der Waals surface area contributed by atoms with Crippen LogP contribution in [0.15, 0.2) is 34.4 Å². The lowest BCUT2D eigenvalue weighted by molar-refractivity contribution is -0.152. The summed E-state index contributed by atoms with van der Waals surface area (Å²) in [4.78, 5) is 26.3. The van der Waals surface area contributed by atoms with Crippen LogP contribution in [0.4, 0.5) is 0 Å². The summed E-state index contributed by atoms with van der Waals surface area (Å²) in [6, 6.07) is 1.23. The Labute approximate surface area is 142 Å². The molecule has 1 unspecified atom stereocenters. The van der Waals surface area contributed by atoms with Gasteiger partial charge in [0.15, 0.2) is 0 Å². The van der Waals surface area contributed by atoms with E-state index in [1.807, 2.05) is 32.1 Å². The summed E-state index contributed by atoms with van der Waals surface area (Å²) >= 11 is 0. The summed E-state index contributed by atoms with van der Waals surface area (Å²) in [5.41, 5.74) is 1.69. The number of hydrogen-bond donors (Lipinski definition) is 0. The maximum absolute atomic E-state index is 12.4. The van der Waals surface area contributed by atoms with Crippen LogP contribution in [0.25, 0.3) is 0 Å². The SMILES string of the molecule is C/C=C\C=C(/C)COC(=O)C1CCCN1C(=O)Cc1cc(C)no1. The molecule has 0 aliphatic carbocycles.